The highest BCUT2D eigenvalue weighted by Crippen LogP contribution is 2.72. The van der Waals surface area contributed by atoms with Crippen LogP contribution in [0.5, 0.6) is 0 Å². The van der Waals surface area contributed by atoms with Crippen LogP contribution in [0.4, 0.5) is 0 Å². The minimum Gasteiger partial charge on any atom is -0.481 e. The third-order valence-corrected chi connectivity index (χ3v) is 13.2. The second-order valence-electron chi connectivity index (χ2n) is 15.3. The molecule has 0 aliphatic heterocycles. The van der Waals surface area contributed by atoms with Crippen molar-refractivity contribution in [1.82, 2.24) is 0 Å². The largest absolute Gasteiger partial charge is 0.481 e. The number of fused-ring (bicyclic) bond motifs is 4. The van der Waals surface area contributed by atoms with Crippen molar-refractivity contribution in [1.29, 1.82) is 0 Å². The van der Waals surface area contributed by atoms with Crippen LogP contribution < -0.4 is 0 Å². The lowest BCUT2D eigenvalue weighted by Crippen LogP contribution is -2.56. The second-order valence-corrected chi connectivity index (χ2v) is 15.3. The van der Waals surface area contributed by atoms with Gasteiger partial charge in [-0.25, -0.2) is 0 Å². The predicted molar refractivity (Wildman–Crippen MR) is 156 cm³/mol. The van der Waals surface area contributed by atoms with Crippen LogP contribution in [0.1, 0.15) is 120 Å². The molecule has 0 aromatic rings. The molecular weight excluding hydrogens is 520 g/mol. The van der Waals surface area contributed by atoms with E-state index in [4.69, 9.17) is 9.84 Å². The third-order valence-electron chi connectivity index (χ3n) is 13.2. The standard InChI is InChI=1S/C34H52O7/c1-19(17-25(35)20(2)21(3)30(39)40)22-11-15-34(8)24-9-10-26-31(4,5)27(41-29(38)18-28(36)37)13-14-32(26,6)23(24)12-16-33(22,34)7/h19-22,26-27H,9-18H2,1-8H3,(H,36,37)(H,39,40)/t19-,20+,21+,22-,26+,27-,32-,33-,34+/m1/s1. The molecule has 0 radical (unpaired) electrons. The van der Waals surface area contributed by atoms with Crippen molar-refractivity contribution in [2.75, 3.05) is 0 Å². The highest BCUT2D eigenvalue weighted by atomic mass is 16.5. The molecule has 4 aliphatic carbocycles. The number of hydrogen-bond acceptors (Lipinski definition) is 5. The summed E-state index contributed by atoms with van der Waals surface area (Å²) in [7, 11) is 0. The molecule has 2 saturated carbocycles. The van der Waals surface area contributed by atoms with Gasteiger partial charge in [-0.1, -0.05) is 66.5 Å². The molecule has 0 amide bonds. The van der Waals surface area contributed by atoms with Crippen LogP contribution in [0.15, 0.2) is 11.1 Å². The van der Waals surface area contributed by atoms with E-state index in [0.717, 1.165) is 51.4 Å². The zero-order chi connectivity index (χ0) is 30.7. The minimum atomic E-state index is -1.16. The van der Waals surface area contributed by atoms with Gasteiger partial charge in [0.25, 0.3) is 0 Å². The number of rotatable bonds is 9. The van der Waals surface area contributed by atoms with Crippen molar-refractivity contribution in [2.24, 2.45) is 51.2 Å². The van der Waals surface area contributed by atoms with Crippen molar-refractivity contribution in [3.63, 3.8) is 0 Å². The second kappa shape index (κ2) is 10.8. The summed E-state index contributed by atoms with van der Waals surface area (Å²) in [4.78, 5) is 47.9. The molecule has 2 N–H and O–H groups in total. The van der Waals surface area contributed by atoms with Gasteiger partial charge in [0, 0.05) is 17.8 Å². The molecule has 230 valence electrons. The molecule has 0 bridgehead atoms. The molecule has 4 rings (SSSR count). The van der Waals surface area contributed by atoms with Gasteiger partial charge in [0.05, 0.1) is 5.92 Å². The van der Waals surface area contributed by atoms with Gasteiger partial charge in [0.1, 0.15) is 18.3 Å². The topological polar surface area (TPSA) is 118 Å². The Balaban J connectivity index is 1.56. The summed E-state index contributed by atoms with van der Waals surface area (Å²) in [5, 5.41) is 18.4. The van der Waals surface area contributed by atoms with Gasteiger partial charge in [-0.3, -0.25) is 19.2 Å². The normalized spacial score (nSPS) is 38.1. The molecule has 7 nitrogen and oxygen atoms in total. The first-order valence-corrected chi connectivity index (χ1v) is 15.8. The number of carbonyl (C=O) groups excluding carboxylic acids is 2. The van der Waals surface area contributed by atoms with E-state index in [1.807, 2.05) is 0 Å². The van der Waals surface area contributed by atoms with Crippen molar-refractivity contribution in [3.05, 3.63) is 11.1 Å². The summed E-state index contributed by atoms with van der Waals surface area (Å²) < 4.78 is 5.77. The van der Waals surface area contributed by atoms with E-state index in [0.29, 0.717) is 18.3 Å². The number of carboxylic acids is 2. The number of ether oxygens (including phenoxy) is 1. The number of esters is 1. The highest BCUT2D eigenvalue weighted by Gasteiger charge is 2.63. The van der Waals surface area contributed by atoms with Crippen molar-refractivity contribution in [2.45, 2.75) is 126 Å². The van der Waals surface area contributed by atoms with Crippen molar-refractivity contribution >= 4 is 23.7 Å². The molecule has 7 heteroatoms. The van der Waals surface area contributed by atoms with Crippen LogP contribution in [0.2, 0.25) is 0 Å². The molecule has 41 heavy (non-hydrogen) atoms. The number of aliphatic carboxylic acids is 2. The maximum Gasteiger partial charge on any atom is 0.317 e. The number of allylic oxidation sites excluding steroid dienone is 2. The lowest BCUT2D eigenvalue weighted by molar-refractivity contribution is -0.172. The van der Waals surface area contributed by atoms with Gasteiger partial charge in [-0.15, -0.1) is 0 Å². The molecule has 2 fully saturated rings. The first-order chi connectivity index (χ1) is 18.9. The van der Waals surface area contributed by atoms with Crippen LogP contribution in [0.25, 0.3) is 0 Å². The summed E-state index contributed by atoms with van der Waals surface area (Å²) in [6, 6.07) is 0. The smallest absolute Gasteiger partial charge is 0.317 e. The predicted octanol–water partition coefficient (Wildman–Crippen LogP) is 7.07. The number of hydrogen-bond donors (Lipinski definition) is 2. The molecule has 9 atom stereocenters. The molecule has 0 spiro atoms. The molecule has 4 aliphatic rings. The first-order valence-electron chi connectivity index (χ1n) is 15.8. The fourth-order valence-electron chi connectivity index (χ4n) is 10.3. The quantitative estimate of drug-likeness (QED) is 0.172. The fraction of sp³-hybridized carbons (Fsp3) is 0.824. The van der Waals surface area contributed by atoms with E-state index in [2.05, 4.69) is 41.5 Å². The summed E-state index contributed by atoms with van der Waals surface area (Å²) in [6.45, 7) is 17.3. The Morgan fingerprint density at radius 3 is 2.12 bits per heavy atom. The zero-order valence-electron chi connectivity index (χ0n) is 26.5. The lowest BCUT2D eigenvalue weighted by Gasteiger charge is -2.62. The zero-order valence-corrected chi connectivity index (χ0v) is 26.5. The maximum absolute atomic E-state index is 13.1. The molecule has 0 aromatic carbocycles. The number of carboxylic acid groups (broad SMARTS) is 2. The van der Waals surface area contributed by atoms with Crippen molar-refractivity contribution < 1.29 is 34.1 Å². The molecule has 0 unspecified atom stereocenters. The Morgan fingerprint density at radius 1 is 0.854 bits per heavy atom. The van der Waals surface area contributed by atoms with E-state index in [1.54, 1.807) is 25.0 Å². The molecule has 0 heterocycles. The summed E-state index contributed by atoms with van der Waals surface area (Å²) in [5.41, 5.74) is 3.19. The molecule has 0 saturated heterocycles. The summed E-state index contributed by atoms with van der Waals surface area (Å²) >= 11 is 0. The SMILES string of the molecule is C[C@H](CC(=O)[C@@H](C)[C@H](C)C(=O)O)[C@H]1CC[C@@]2(C)C3=C(CC[C@]12C)[C@@]1(C)CC[C@@H](OC(=O)CC(=O)O)C(C)(C)[C@@H]1CC3. The average Bonchev–Trinajstić information content (AvgIpc) is 3.15. The van der Waals surface area contributed by atoms with Gasteiger partial charge in [-0.2, -0.15) is 0 Å². The first kappa shape index (κ1) is 31.7. The number of Topliss-reactive ketones (excluding diaryl/α,β-unsaturated/α-hetero) is 1. The van der Waals surface area contributed by atoms with E-state index in [1.165, 1.54) is 0 Å². The Bertz CT molecular complexity index is 1140. The Morgan fingerprint density at radius 2 is 1.51 bits per heavy atom. The third kappa shape index (κ3) is 5.07. The number of ketones is 1. The van der Waals surface area contributed by atoms with Gasteiger partial charge in [-0.05, 0) is 85.4 Å². The van der Waals surface area contributed by atoms with Gasteiger partial charge >= 0.3 is 17.9 Å². The van der Waals surface area contributed by atoms with Gasteiger partial charge < -0.3 is 14.9 Å². The van der Waals surface area contributed by atoms with Crippen LogP contribution >= 0.6 is 0 Å². The van der Waals surface area contributed by atoms with E-state index in [-0.39, 0.29) is 39.5 Å². The van der Waals surface area contributed by atoms with Crippen molar-refractivity contribution in [3.8, 4) is 0 Å². The average molecular weight is 573 g/mol. The van der Waals surface area contributed by atoms with Crippen LogP contribution in [0.3, 0.4) is 0 Å². The maximum atomic E-state index is 13.1. The van der Waals surface area contributed by atoms with Crippen LogP contribution in [-0.4, -0.2) is 40.0 Å². The molecule has 0 aromatic heterocycles. The minimum absolute atomic E-state index is 0.0270. The Kier molecular flexibility index (Phi) is 8.38. The fourth-order valence-corrected chi connectivity index (χ4v) is 10.3. The van der Waals surface area contributed by atoms with Gasteiger partial charge in [0.2, 0.25) is 0 Å². The van der Waals surface area contributed by atoms with Crippen LogP contribution in [-0.2, 0) is 23.9 Å². The molecular formula is C34H52O7. The summed E-state index contributed by atoms with van der Waals surface area (Å²) in [6.07, 6.45) is 7.67. The van der Waals surface area contributed by atoms with E-state index < -0.39 is 36.2 Å². The van der Waals surface area contributed by atoms with E-state index in [9.17, 15) is 24.3 Å². The van der Waals surface area contributed by atoms with Crippen LogP contribution in [0, 0.1) is 51.2 Å². The Hall–Kier alpha value is -2.18. The van der Waals surface area contributed by atoms with E-state index >= 15 is 0 Å². The highest BCUT2D eigenvalue weighted by molar-refractivity contribution is 5.90. The summed E-state index contributed by atoms with van der Waals surface area (Å²) in [5.74, 6) is -2.81. The lowest BCUT2D eigenvalue weighted by atomic mass is 9.43. The number of carbonyl (C=O) groups is 4. The Labute approximate surface area is 245 Å². The monoisotopic (exact) mass is 572 g/mol. The van der Waals surface area contributed by atoms with Gasteiger partial charge in [0.15, 0.2) is 0 Å².